The first-order valence-corrected chi connectivity index (χ1v) is 7.29. The van der Waals surface area contributed by atoms with Crippen molar-refractivity contribution in [3.8, 4) is 0 Å². The highest BCUT2D eigenvalue weighted by atomic mass is 16.5. The van der Waals surface area contributed by atoms with Crippen LogP contribution in [0.15, 0.2) is 24.3 Å². The van der Waals surface area contributed by atoms with E-state index in [0.717, 1.165) is 25.9 Å². The number of rotatable bonds is 5. The van der Waals surface area contributed by atoms with Crippen LogP contribution in [-0.2, 0) is 11.2 Å². The zero-order valence-electron chi connectivity index (χ0n) is 11.6. The van der Waals surface area contributed by atoms with Crippen LogP contribution < -0.4 is 5.32 Å². The molecule has 2 nitrogen and oxygen atoms in total. The third-order valence-corrected chi connectivity index (χ3v) is 3.69. The van der Waals surface area contributed by atoms with E-state index in [1.165, 1.54) is 24.1 Å². The molecule has 0 amide bonds. The second-order valence-corrected chi connectivity index (χ2v) is 5.21. The van der Waals surface area contributed by atoms with Crippen LogP contribution in [0.3, 0.4) is 0 Å². The molecule has 0 saturated carbocycles. The Morgan fingerprint density at radius 3 is 2.67 bits per heavy atom. The number of nitrogens with one attached hydrogen (secondary N) is 1. The Morgan fingerprint density at radius 2 is 2.00 bits per heavy atom. The summed E-state index contributed by atoms with van der Waals surface area (Å²) >= 11 is 0. The van der Waals surface area contributed by atoms with E-state index in [2.05, 4.69) is 43.4 Å². The molecule has 0 bridgehead atoms. The van der Waals surface area contributed by atoms with Crippen LogP contribution in [0.4, 0.5) is 5.69 Å². The molecular formula is C16H25NO. The molecular weight excluding hydrogens is 222 g/mol. The zero-order chi connectivity index (χ0) is 12.8. The molecule has 1 aromatic rings. The minimum absolute atomic E-state index is 0.440. The molecule has 1 aliphatic rings. The summed E-state index contributed by atoms with van der Waals surface area (Å²) in [7, 11) is 0. The summed E-state index contributed by atoms with van der Waals surface area (Å²) in [6.07, 6.45) is 6.20. The number of ether oxygens (including phenoxy) is 1. The molecule has 1 aliphatic heterocycles. The van der Waals surface area contributed by atoms with E-state index in [-0.39, 0.29) is 0 Å². The monoisotopic (exact) mass is 247 g/mol. The second-order valence-electron chi connectivity index (χ2n) is 5.21. The van der Waals surface area contributed by atoms with Gasteiger partial charge in [0, 0.05) is 18.3 Å². The molecule has 1 saturated heterocycles. The highest BCUT2D eigenvalue weighted by Gasteiger charge is 2.20. The normalized spacial score (nSPS) is 23.9. The van der Waals surface area contributed by atoms with Gasteiger partial charge >= 0.3 is 0 Å². The van der Waals surface area contributed by atoms with E-state index in [0.29, 0.717) is 12.1 Å². The molecule has 1 aromatic carbocycles. The SMILES string of the molecule is CCCc1ccc(NC2CCOC(CC)C2)cc1. The van der Waals surface area contributed by atoms with Crippen LogP contribution in [0.25, 0.3) is 0 Å². The van der Waals surface area contributed by atoms with E-state index in [1.54, 1.807) is 0 Å². The first-order chi connectivity index (χ1) is 8.81. The van der Waals surface area contributed by atoms with Gasteiger partial charge in [0.05, 0.1) is 6.10 Å². The number of anilines is 1. The second kappa shape index (κ2) is 6.79. The van der Waals surface area contributed by atoms with Crippen molar-refractivity contribution in [2.45, 2.75) is 58.1 Å². The fraction of sp³-hybridized carbons (Fsp3) is 0.625. The van der Waals surface area contributed by atoms with Crippen molar-refractivity contribution >= 4 is 5.69 Å². The Balaban J connectivity index is 1.88. The van der Waals surface area contributed by atoms with Crippen LogP contribution in [0.5, 0.6) is 0 Å². The Kier molecular flexibility index (Phi) is 5.06. The minimum atomic E-state index is 0.440. The number of benzene rings is 1. The Labute approximate surface area is 111 Å². The zero-order valence-corrected chi connectivity index (χ0v) is 11.6. The van der Waals surface area contributed by atoms with Crippen molar-refractivity contribution in [3.05, 3.63) is 29.8 Å². The summed E-state index contributed by atoms with van der Waals surface area (Å²) in [5.41, 5.74) is 2.68. The molecule has 0 aliphatic carbocycles. The Hall–Kier alpha value is -1.02. The quantitative estimate of drug-likeness (QED) is 0.849. The molecule has 0 spiro atoms. The van der Waals surface area contributed by atoms with Gasteiger partial charge in [-0.15, -0.1) is 0 Å². The average Bonchev–Trinajstić information content (AvgIpc) is 2.42. The highest BCUT2D eigenvalue weighted by molar-refractivity contribution is 5.45. The third kappa shape index (κ3) is 3.74. The summed E-state index contributed by atoms with van der Waals surface area (Å²) in [5, 5.41) is 3.63. The van der Waals surface area contributed by atoms with E-state index < -0.39 is 0 Å². The van der Waals surface area contributed by atoms with Crippen molar-refractivity contribution in [1.29, 1.82) is 0 Å². The van der Waals surface area contributed by atoms with E-state index in [9.17, 15) is 0 Å². The summed E-state index contributed by atoms with van der Waals surface area (Å²) in [5.74, 6) is 0. The first kappa shape index (κ1) is 13.4. The number of hydrogen-bond donors (Lipinski definition) is 1. The molecule has 18 heavy (non-hydrogen) atoms. The van der Waals surface area contributed by atoms with Crippen LogP contribution in [-0.4, -0.2) is 18.8 Å². The van der Waals surface area contributed by atoms with Gasteiger partial charge in [-0.2, -0.15) is 0 Å². The maximum atomic E-state index is 5.71. The van der Waals surface area contributed by atoms with Crippen LogP contribution >= 0.6 is 0 Å². The fourth-order valence-corrected chi connectivity index (χ4v) is 2.59. The van der Waals surface area contributed by atoms with E-state index >= 15 is 0 Å². The van der Waals surface area contributed by atoms with Crippen molar-refractivity contribution < 1.29 is 4.74 Å². The Bertz CT molecular complexity index is 347. The van der Waals surface area contributed by atoms with E-state index in [1.807, 2.05) is 0 Å². The minimum Gasteiger partial charge on any atom is -0.382 e. The highest BCUT2D eigenvalue weighted by Crippen LogP contribution is 2.21. The van der Waals surface area contributed by atoms with Gasteiger partial charge < -0.3 is 10.1 Å². The fourth-order valence-electron chi connectivity index (χ4n) is 2.59. The van der Waals surface area contributed by atoms with Gasteiger partial charge in [-0.3, -0.25) is 0 Å². The van der Waals surface area contributed by atoms with Gasteiger partial charge in [0.15, 0.2) is 0 Å². The maximum absolute atomic E-state index is 5.71. The molecule has 100 valence electrons. The molecule has 2 unspecified atom stereocenters. The van der Waals surface area contributed by atoms with Gasteiger partial charge in [-0.1, -0.05) is 32.4 Å². The van der Waals surface area contributed by atoms with Gasteiger partial charge in [-0.05, 0) is 43.4 Å². The Morgan fingerprint density at radius 1 is 1.22 bits per heavy atom. The average molecular weight is 247 g/mol. The van der Waals surface area contributed by atoms with Crippen molar-refractivity contribution in [2.24, 2.45) is 0 Å². The molecule has 0 aromatic heterocycles. The van der Waals surface area contributed by atoms with Crippen LogP contribution in [0.2, 0.25) is 0 Å². The lowest BCUT2D eigenvalue weighted by atomic mass is 10.0. The van der Waals surface area contributed by atoms with Gasteiger partial charge in [0.1, 0.15) is 0 Å². The molecule has 1 N–H and O–H groups in total. The molecule has 1 heterocycles. The molecule has 2 heteroatoms. The molecule has 2 rings (SSSR count). The molecule has 0 radical (unpaired) electrons. The summed E-state index contributed by atoms with van der Waals surface area (Å²) in [6, 6.07) is 9.47. The summed E-state index contributed by atoms with van der Waals surface area (Å²) in [6.45, 7) is 5.32. The lowest BCUT2D eigenvalue weighted by Gasteiger charge is -2.30. The largest absolute Gasteiger partial charge is 0.382 e. The van der Waals surface area contributed by atoms with Crippen LogP contribution in [0.1, 0.15) is 45.1 Å². The number of hydrogen-bond acceptors (Lipinski definition) is 2. The maximum Gasteiger partial charge on any atom is 0.0592 e. The van der Waals surface area contributed by atoms with Crippen LogP contribution in [0, 0.1) is 0 Å². The van der Waals surface area contributed by atoms with E-state index in [4.69, 9.17) is 4.74 Å². The molecule has 2 atom stereocenters. The summed E-state index contributed by atoms with van der Waals surface area (Å²) < 4.78 is 5.71. The third-order valence-electron chi connectivity index (χ3n) is 3.69. The summed E-state index contributed by atoms with van der Waals surface area (Å²) in [4.78, 5) is 0. The van der Waals surface area contributed by atoms with Crippen molar-refractivity contribution in [2.75, 3.05) is 11.9 Å². The predicted octanol–water partition coefficient (Wildman–Crippen LogP) is 4.01. The molecule has 1 fully saturated rings. The van der Waals surface area contributed by atoms with Gasteiger partial charge in [-0.25, -0.2) is 0 Å². The smallest absolute Gasteiger partial charge is 0.0592 e. The predicted molar refractivity (Wildman–Crippen MR) is 77.1 cm³/mol. The van der Waals surface area contributed by atoms with Gasteiger partial charge in [0.25, 0.3) is 0 Å². The van der Waals surface area contributed by atoms with Gasteiger partial charge in [0.2, 0.25) is 0 Å². The first-order valence-electron chi connectivity index (χ1n) is 7.29. The topological polar surface area (TPSA) is 21.3 Å². The lowest BCUT2D eigenvalue weighted by Crippen LogP contribution is -2.33. The number of aryl methyl sites for hydroxylation is 1. The van der Waals surface area contributed by atoms with Crippen molar-refractivity contribution in [3.63, 3.8) is 0 Å². The van der Waals surface area contributed by atoms with Crippen molar-refractivity contribution in [1.82, 2.24) is 0 Å². The standard InChI is InChI=1S/C16H25NO/c1-3-5-13-6-8-14(9-7-13)17-15-10-11-18-16(4-2)12-15/h6-9,15-17H,3-5,10-12H2,1-2H3. The lowest BCUT2D eigenvalue weighted by molar-refractivity contribution is 0.00926.